The number of rotatable bonds is 12. The first kappa shape index (κ1) is 30.6. The minimum atomic E-state index is -0.457. The molecule has 1 unspecified atom stereocenters. The molecular weight excluding hydrogens is 552 g/mol. The summed E-state index contributed by atoms with van der Waals surface area (Å²) in [6.07, 6.45) is 1.51. The van der Waals surface area contributed by atoms with Gasteiger partial charge in [0.15, 0.2) is 5.96 Å². The molecule has 1 heterocycles. The fraction of sp³-hybridized carbons (Fsp3) is 0.286. The first-order valence-electron chi connectivity index (χ1n) is 15.1. The Morgan fingerprint density at radius 1 is 0.955 bits per heavy atom. The van der Waals surface area contributed by atoms with E-state index in [4.69, 9.17) is 15.9 Å². The van der Waals surface area contributed by atoms with Crippen LogP contribution < -0.4 is 26.4 Å². The van der Waals surface area contributed by atoms with E-state index in [1.165, 1.54) is 0 Å². The van der Waals surface area contributed by atoms with Crippen molar-refractivity contribution in [3.63, 3.8) is 0 Å². The van der Waals surface area contributed by atoms with Gasteiger partial charge in [-0.1, -0.05) is 78.9 Å². The fourth-order valence-corrected chi connectivity index (χ4v) is 5.55. The summed E-state index contributed by atoms with van der Waals surface area (Å²) in [5.74, 6) is 0.495. The zero-order valence-corrected chi connectivity index (χ0v) is 24.7. The lowest BCUT2D eigenvalue weighted by Gasteiger charge is -2.29. The van der Waals surface area contributed by atoms with Crippen molar-refractivity contribution in [1.29, 1.82) is 5.41 Å². The molecule has 6 N–H and O–H groups in total. The molecule has 0 bridgehead atoms. The van der Waals surface area contributed by atoms with E-state index in [0.29, 0.717) is 51.0 Å². The fourth-order valence-electron chi connectivity index (χ4n) is 5.55. The molecule has 0 saturated carbocycles. The zero-order chi connectivity index (χ0) is 30.7. The molecular formula is C35H40N6O3. The Morgan fingerprint density at radius 2 is 1.66 bits per heavy atom. The Bertz CT molecular complexity index is 1550. The normalized spacial score (nSPS) is 17.5. The van der Waals surface area contributed by atoms with Gasteiger partial charge in [0.1, 0.15) is 11.9 Å². The second-order valence-corrected chi connectivity index (χ2v) is 11.1. The molecule has 0 spiro atoms. The molecule has 1 fully saturated rings. The first-order valence-corrected chi connectivity index (χ1v) is 15.1. The van der Waals surface area contributed by atoms with E-state index in [1.807, 2.05) is 108 Å². The van der Waals surface area contributed by atoms with Crippen LogP contribution in [-0.2, 0) is 4.79 Å². The largest absolute Gasteiger partial charge is 0.484 e. The molecule has 9 heteroatoms. The molecule has 4 aromatic rings. The van der Waals surface area contributed by atoms with Crippen molar-refractivity contribution in [2.45, 2.75) is 37.5 Å². The van der Waals surface area contributed by atoms with Crippen LogP contribution in [0.3, 0.4) is 0 Å². The van der Waals surface area contributed by atoms with Gasteiger partial charge in [-0.05, 0) is 59.9 Å². The number of ether oxygens (including phenoxy) is 1. The molecule has 9 nitrogen and oxygen atoms in total. The number of hydrogen-bond donors (Lipinski definition) is 5. The molecule has 1 saturated heterocycles. The highest BCUT2D eigenvalue weighted by molar-refractivity contribution is 5.98. The number of carbonyl (C=O) groups excluding carboxylic acids is 2. The Balaban J connectivity index is 1.29. The van der Waals surface area contributed by atoms with Crippen molar-refractivity contribution in [2.24, 2.45) is 5.73 Å². The van der Waals surface area contributed by atoms with E-state index in [2.05, 4.69) is 16.0 Å². The standard InChI is InChI=1S/C35H40N6O3/c36-35(37)38-20-9-16-31-34(43)41(24-32(26-11-3-1-4-12-26)44-30-14-5-2-6-15-30)21-19-29(40-31)23-39-33(42)28-18-17-25-10-7-8-13-27(25)22-28/h1-8,10-15,17-18,22,29,31-32,40H,9,16,19-21,23-24H2,(H,39,42)(H4,36,37,38)/t29-,31-,32?/m0/s1. The summed E-state index contributed by atoms with van der Waals surface area (Å²) in [4.78, 5) is 28.9. The summed E-state index contributed by atoms with van der Waals surface area (Å²) >= 11 is 0. The van der Waals surface area contributed by atoms with E-state index < -0.39 is 6.04 Å². The van der Waals surface area contributed by atoms with Crippen LogP contribution in [0.25, 0.3) is 10.8 Å². The lowest BCUT2D eigenvalue weighted by molar-refractivity contribution is -0.134. The highest BCUT2D eigenvalue weighted by atomic mass is 16.5. The van der Waals surface area contributed by atoms with Crippen LogP contribution in [0.5, 0.6) is 5.75 Å². The minimum absolute atomic E-state index is 0.00577. The van der Waals surface area contributed by atoms with Crippen molar-refractivity contribution >= 4 is 28.5 Å². The van der Waals surface area contributed by atoms with Crippen LogP contribution in [0.1, 0.15) is 41.3 Å². The van der Waals surface area contributed by atoms with Gasteiger partial charge in [-0.2, -0.15) is 0 Å². The second kappa shape index (κ2) is 15.0. The van der Waals surface area contributed by atoms with Crippen molar-refractivity contribution in [2.75, 3.05) is 26.2 Å². The van der Waals surface area contributed by atoms with Crippen LogP contribution in [0.2, 0.25) is 0 Å². The van der Waals surface area contributed by atoms with Crippen LogP contribution >= 0.6 is 0 Å². The second-order valence-electron chi connectivity index (χ2n) is 11.1. The smallest absolute Gasteiger partial charge is 0.251 e. The molecule has 0 aliphatic carbocycles. The number of para-hydroxylation sites is 1. The molecule has 2 amide bonds. The van der Waals surface area contributed by atoms with Crippen LogP contribution in [-0.4, -0.2) is 60.9 Å². The summed E-state index contributed by atoms with van der Waals surface area (Å²) in [7, 11) is 0. The Labute approximate surface area is 258 Å². The summed E-state index contributed by atoms with van der Waals surface area (Å²) in [6.45, 7) is 1.79. The predicted octanol–water partition coefficient (Wildman–Crippen LogP) is 4.21. The molecule has 4 aromatic carbocycles. The van der Waals surface area contributed by atoms with Gasteiger partial charge in [-0.25, -0.2) is 0 Å². The van der Waals surface area contributed by atoms with E-state index in [9.17, 15) is 9.59 Å². The molecule has 0 aromatic heterocycles. The molecule has 3 atom stereocenters. The monoisotopic (exact) mass is 592 g/mol. The van der Waals surface area contributed by atoms with Crippen molar-refractivity contribution in [1.82, 2.24) is 20.9 Å². The van der Waals surface area contributed by atoms with Crippen molar-refractivity contribution in [3.8, 4) is 5.75 Å². The molecule has 44 heavy (non-hydrogen) atoms. The topological polar surface area (TPSA) is 133 Å². The van der Waals surface area contributed by atoms with E-state index >= 15 is 0 Å². The first-order chi connectivity index (χ1) is 21.5. The van der Waals surface area contributed by atoms with Crippen LogP contribution in [0.15, 0.2) is 103 Å². The predicted molar refractivity (Wildman–Crippen MR) is 174 cm³/mol. The summed E-state index contributed by atoms with van der Waals surface area (Å²) < 4.78 is 6.42. The number of amides is 2. The SMILES string of the molecule is N=C(N)NCCC[C@@H]1N[C@H](CNC(=O)c2ccc3ccccc3c2)CCN(CC(Oc2ccccc2)c2ccccc2)C1=O. The summed E-state index contributed by atoms with van der Waals surface area (Å²) in [5.41, 5.74) is 7.05. The third-order valence-electron chi connectivity index (χ3n) is 7.88. The maximum atomic E-state index is 14.0. The minimum Gasteiger partial charge on any atom is -0.484 e. The number of nitrogens with zero attached hydrogens (tertiary/aromatic N) is 1. The molecule has 5 rings (SSSR count). The van der Waals surface area contributed by atoms with Gasteiger partial charge in [-0.3, -0.25) is 15.0 Å². The van der Waals surface area contributed by atoms with Crippen LogP contribution in [0.4, 0.5) is 0 Å². The maximum Gasteiger partial charge on any atom is 0.251 e. The molecule has 1 aliphatic heterocycles. The summed E-state index contributed by atoms with van der Waals surface area (Å²) in [6, 6.07) is 32.7. The van der Waals surface area contributed by atoms with Gasteiger partial charge in [0.2, 0.25) is 5.91 Å². The number of nitrogens with one attached hydrogen (secondary N) is 4. The Morgan fingerprint density at radius 3 is 2.41 bits per heavy atom. The van der Waals surface area contributed by atoms with Gasteiger partial charge >= 0.3 is 0 Å². The number of guanidine groups is 1. The van der Waals surface area contributed by atoms with E-state index in [-0.39, 0.29) is 29.9 Å². The summed E-state index contributed by atoms with van der Waals surface area (Å²) in [5, 5.41) is 19.0. The molecule has 1 aliphatic rings. The van der Waals surface area contributed by atoms with E-state index in [0.717, 1.165) is 22.1 Å². The molecule has 228 valence electrons. The number of fused-ring (bicyclic) bond motifs is 1. The Kier molecular flexibility index (Phi) is 10.4. The van der Waals surface area contributed by atoms with Gasteiger partial charge in [-0.15, -0.1) is 0 Å². The van der Waals surface area contributed by atoms with E-state index in [1.54, 1.807) is 0 Å². The molecule has 0 radical (unpaired) electrons. The number of nitrogens with two attached hydrogens (primary N) is 1. The quantitative estimate of drug-likeness (QED) is 0.0951. The van der Waals surface area contributed by atoms with Crippen molar-refractivity contribution < 1.29 is 14.3 Å². The number of hydrogen-bond acceptors (Lipinski definition) is 5. The van der Waals surface area contributed by atoms with Gasteiger partial charge in [0.25, 0.3) is 5.91 Å². The van der Waals surface area contributed by atoms with Gasteiger partial charge < -0.3 is 31.3 Å². The van der Waals surface area contributed by atoms with Gasteiger partial charge in [0.05, 0.1) is 12.6 Å². The average molecular weight is 593 g/mol. The third kappa shape index (κ3) is 8.35. The number of benzene rings is 4. The number of carbonyl (C=O) groups is 2. The van der Waals surface area contributed by atoms with Gasteiger partial charge in [0, 0.05) is 31.2 Å². The maximum absolute atomic E-state index is 14.0. The third-order valence-corrected chi connectivity index (χ3v) is 7.88. The van der Waals surface area contributed by atoms with Crippen LogP contribution in [0, 0.1) is 5.41 Å². The Hall–Kier alpha value is -4.89. The zero-order valence-electron chi connectivity index (χ0n) is 24.7. The van der Waals surface area contributed by atoms with Crippen molar-refractivity contribution in [3.05, 3.63) is 114 Å². The average Bonchev–Trinajstić information content (AvgIpc) is 3.20. The highest BCUT2D eigenvalue weighted by Crippen LogP contribution is 2.24. The highest BCUT2D eigenvalue weighted by Gasteiger charge is 2.32. The lowest BCUT2D eigenvalue weighted by Crippen LogP contribution is -2.49. The lowest BCUT2D eigenvalue weighted by atomic mass is 10.1.